The zero-order valence-corrected chi connectivity index (χ0v) is 16.8. The number of halogens is 1. The van der Waals surface area contributed by atoms with Crippen LogP contribution in [0.2, 0.25) is 0 Å². The number of amides is 1. The van der Waals surface area contributed by atoms with Crippen molar-refractivity contribution in [2.45, 2.75) is 37.8 Å². The third kappa shape index (κ3) is 4.04. The molecule has 2 unspecified atom stereocenters. The molecule has 0 aliphatic heterocycles. The third-order valence-corrected chi connectivity index (χ3v) is 5.60. The number of pyridine rings is 2. The Morgan fingerprint density at radius 1 is 1.13 bits per heavy atom. The van der Waals surface area contributed by atoms with Gasteiger partial charge >= 0.3 is 0 Å². The highest BCUT2D eigenvalue weighted by molar-refractivity contribution is 6.00. The minimum atomic E-state index is -0.750. The first-order valence-electron chi connectivity index (χ1n) is 10.1. The van der Waals surface area contributed by atoms with Gasteiger partial charge in [0.25, 0.3) is 5.91 Å². The molecule has 2 heterocycles. The Labute approximate surface area is 174 Å². The van der Waals surface area contributed by atoms with Crippen LogP contribution in [-0.4, -0.2) is 35.0 Å². The van der Waals surface area contributed by atoms with Gasteiger partial charge in [-0.3, -0.25) is 9.78 Å². The van der Waals surface area contributed by atoms with Crippen LogP contribution in [0, 0.1) is 5.82 Å². The second kappa shape index (κ2) is 8.62. The summed E-state index contributed by atoms with van der Waals surface area (Å²) >= 11 is 0. The fourth-order valence-corrected chi connectivity index (χ4v) is 4.04. The molecule has 8 heteroatoms. The van der Waals surface area contributed by atoms with E-state index in [0.717, 1.165) is 42.7 Å². The van der Waals surface area contributed by atoms with E-state index < -0.39 is 11.7 Å². The maximum Gasteiger partial charge on any atom is 0.252 e. The van der Waals surface area contributed by atoms with E-state index >= 15 is 0 Å². The number of nitrogens with one attached hydrogen (secondary N) is 3. The number of nitrogens with zero attached hydrogens (tertiary/aromatic N) is 2. The Bertz CT molecular complexity index is 1070. The van der Waals surface area contributed by atoms with E-state index in [-0.39, 0.29) is 29.3 Å². The number of anilines is 3. The number of hydrogen-bond acceptors (Lipinski definition) is 6. The summed E-state index contributed by atoms with van der Waals surface area (Å²) in [4.78, 5) is 20.7. The van der Waals surface area contributed by atoms with Crippen molar-refractivity contribution in [1.29, 1.82) is 0 Å². The summed E-state index contributed by atoms with van der Waals surface area (Å²) in [5, 5.41) is 10.5. The van der Waals surface area contributed by atoms with Crippen molar-refractivity contribution in [3.63, 3.8) is 0 Å². The zero-order chi connectivity index (χ0) is 21.1. The number of rotatable bonds is 6. The predicted octanol–water partition coefficient (Wildman–Crippen LogP) is 3.55. The predicted molar refractivity (Wildman–Crippen MR) is 116 cm³/mol. The van der Waals surface area contributed by atoms with Gasteiger partial charge in [0.1, 0.15) is 5.82 Å². The summed E-state index contributed by atoms with van der Waals surface area (Å²) in [7, 11) is 1.91. The number of fused-ring (bicyclic) bond motifs is 1. The fraction of sp³-hybridized carbons (Fsp3) is 0.318. The maximum absolute atomic E-state index is 14.8. The van der Waals surface area contributed by atoms with Crippen LogP contribution in [0.1, 0.15) is 36.0 Å². The van der Waals surface area contributed by atoms with Crippen LogP contribution < -0.4 is 21.7 Å². The Kier molecular flexibility index (Phi) is 5.76. The van der Waals surface area contributed by atoms with E-state index in [1.54, 1.807) is 6.20 Å². The molecule has 0 radical (unpaired) electrons. The second-order valence-corrected chi connectivity index (χ2v) is 7.51. The summed E-state index contributed by atoms with van der Waals surface area (Å²) < 4.78 is 14.8. The number of hydrogen-bond donors (Lipinski definition) is 4. The largest absolute Gasteiger partial charge is 0.365 e. The first kappa shape index (κ1) is 20.0. The molecule has 4 rings (SSSR count). The first-order chi connectivity index (χ1) is 14.6. The molecule has 5 N–H and O–H groups in total. The van der Waals surface area contributed by atoms with Gasteiger partial charge in [-0.25, -0.2) is 9.37 Å². The number of nitrogens with two attached hydrogens (primary N) is 1. The normalized spacial score (nSPS) is 18.9. The van der Waals surface area contributed by atoms with Gasteiger partial charge in [0.15, 0.2) is 11.6 Å². The second-order valence-electron chi connectivity index (χ2n) is 7.51. The lowest BCUT2D eigenvalue weighted by Gasteiger charge is -2.32. The molecule has 0 saturated heterocycles. The third-order valence-electron chi connectivity index (χ3n) is 5.60. The molecule has 0 bridgehead atoms. The molecule has 2 aromatic heterocycles. The number of aromatic nitrogens is 2. The van der Waals surface area contributed by atoms with Crippen molar-refractivity contribution in [1.82, 2.24) is 15.3 Å². The molecule has 2 atom stereocenters. The minimum absolute atomic E-state index is 0.00671. The van der Waals surface area contributed by atoms with Crippen molar-refractivity contribution >= 4 is 34.1 Å². The van der Waals surface area contributed by atoms with Gasteiger partial charge in [0, 0.05) is 29.4 Å². The van der Waals surface area contributed by atoms with Crippen LogP contribution in [0.15, 0.2) is 42.6 Å². The van der Waals surface area contributed by atoms with Gasteiger partial charge < -0.3 is 21.7 Å². The highest BCUT2D eigenvalue weighted by atomic mass is 19.1. The quantitative estimate of drug-likeness (QED) is 0.497. The van der Waals surface area contributed by atoms with Gasteiger partial charge in [-0.15, -0.1) is 0 Å². The van der Waals surface area contributed by atoms with E-state index in [1.807, 2.05) is 37.4 Å². The summed E-state index contributed by atoms with van der Waals surface area (Å²) in [6.07, 6.45) is 5.86. The Morgan fingerprint density at radius 3 is 2.70 bits per heavy atom. The smallest absolute Gasteiger partial charge is 0.252 e. The van der Waals surface area contributed by atoms with Gasteiger partial charge in [-0.2, -0.15) is 0 Å². The highest BCUT2D eigenvalue weighted by Crippen LogP contribution is 2.29. The van der Waals surface area contributed by atoms with Gasteiger partial charge in [-0.1, -0.05) is 18.9 Å². The monoisotopic (exact) mass is 408 g/mol. The molecule has 3 aromatic rings. The standard InChI is InChI=1S/C22H25FN6O/c1-25-18-7-2-3-8-19(18)28-22-15(23)12-14(20(24)30)21(29-22)27-17-10-4-9-16-13(17)6-5-11-26-16/h4-6,9-12,18-19,25H,2-3,7-8H2,1H3,(H2,24,30)(H2,27,28,29). The van der Waals surface area contributed by atoms with E-state index in [9.17, 15) is 9.18 Å². The van der Waals surface area contributed by atoms with E-state index in [1.165, 1.54) is 0 Å². The lowest BCUT2D eigenvalue weighted by molar-refractivity contribution is 0.100. The van der Waals surface area contributed by atoms with Crippen LogP contribution in [0.4, 0.5) is 21.7 Å². The zero-order valence-electron chi connectivity index (χ0n) is 16.8. The number of carbonyl (C=O) groups excluding carboxylic acids is 1. The van der Waals surface area contributed by atoms with Gasteiger partial charge in [0.2, 0.25) is 0 Å². The Morgan fingerprint density at radius 2 is 1.93 bits per heavy atom. The topological polar surface area (TPSA) is 105 Å². The number of carbonyl (C=O) groups is 1. The summed E-state index contributed by atoms with van der Waals surface area (Å²) in [5.74, 6) is -1.04. The highest BCUT2D eigenvalue weighted by Gasteiger charge is 2.26. The molecular weight excluding hydrogens is 383 g/mol. The molecule has 156 valence electrons. The van der Waals surface area contributed by atoms with Crippen LogP contribution in [-0.2, 0) is 0 Å². The molecule has 1 saturated carbocycles. The van der Waals surface area contributed by atoms with Crippen molar-refractivity contribution in [3.8, 4) is 0 Å². The molecule has 0 spiro atoms. The molecular formula is C22H25FN6O. The average molecular weight is 408 g/mol. The SMILES string of the molecule is CNC1CCCCC1Nc1nc(Nc2cccc3ncccc23)c(C(N)=O)cc1F. The van der Waals surface area contributed by atoms with E-state index in [2.05, 4.69) is 25.9 Å². The lowest BCUT2D eigenvalue weighted by Crippen LogP contribution is -2.45. The molecule has 1 aliphatic rings. The Hall–Kier alpha value is -3.26. The number of likely N-dealkylation sites (N-methyl/N-ethyl adjacent to an activating group) is 1. The van der Waals surface area contributed by atoms with E-state index in [4.69, 9.17) is 5.73 Å². The van der Waals surface area contributed by atoms with Crippen molar-refractivity contribution in [2.24, 2.45) is 5.73 Å². The Balaban J connectivity index is 1.71. The number of primary amides is 1. The molecule has 1 aliphatic carbocycles. The lowest BCUT2D eigenvalue weighted by atomic mass is 9.90. The van der Waals surface area contributed by atoms with Crippen LogP contribution in [0.5, 0.6) is 0 Å². The maximum atomic E-state index is 14.8. The summed E-state index contributed by atoms with van der Waals surface area (Å²) in [5.41, 5.74) is 6.99. The number of benzene rings is 1. The first-order valence-corrected chi connectivity index (χ1v) is 10.1. The van der Waals surface area contributed by atoms with Gasteiger partial charge in [0.05, 0.1) is 11.1 Å². The average Bonchev–Trinajstić information content (AvgIpc) is 2.76. The molecule has 1 fully saturated rings. The van der Waals surface area contributed by atoms with Crippen LogP contribution in [0.25, 0.3) is 10.9 Å². The van der Waals surface area contributed by atoms with Crippen LogP contribution >= 0.6 is 0 Å². The molecule has 30 heavy (non-hydrogen) atoms. The minimum Gasteiger partial charge on any atom is -0.365 e. The van der Waals surface area contributed by atoms with Crippen LogP contribution in [0.3, 0.4) is 0 Å². The molecule has 1 aromatic carbocycles. The molecule has 1 amide bonds. The van der Waals surface area contributed by atoms with Crippen molar-refractivity contribution in [2.75, 3.05) is 17.7 Å². The molecule has 7 nitrogen and oxygen atoms in total. The van der Waals surface area contributed by atoms with Crippen molar-refractivity contribution in [3.05, 3.63) is 54.0 Å². The van der Waals surface area contributed by atoms with Gasteiger partial charge in [-0.05, 0) is 50.2 Å². The summed E-state index contributed by atoms with van der Waals surface area (Å²) in [6.45, 7) is 0. The summed E-state index contributed by atoms with van der Waals surface area (Å²) in [6, 6.07) is 10.8. The fourth-order valence-electron chi connectivity index (χ4n) is 4.04. The van der Waals surface area contributed by atoms with E-state index in [0.29, 0.717) is 5.69 Å². The van der Waals surface area contributed by atoms with Crippen molar-refractivity contribution < 1.29 is 9.18 Å².